The summed E-state index contributed by atoms with van der Waals surface area (Å²) in [5.41, 5.74) is 1.20. The molecule has 3 aliphatic carbocycles. The van der Waals surface area contributed by atoms with Gasteiger partial charge in [-0.15, -0.1) is 0 Å². The van der Waals surface area contributed by atoms with E-state index in [0.717, 1.165) is 35.5 Å². The average molecular weight is 349 g/mol. The van der Waals surface area contributed by atoms with Crippen molar-refractivity contribution >= 4 is 0 Å². The number of hydrogen-bond acceptors (Lipinski definition) is 0. The van der Waals surface area contributed by atoms with Gasteiger partial charge in [0.05, 0.1) is 0 Å². The van der Waals surface area contributed by atoms with E-state index in [4.69, 9.17) is 0 Å². The van der Waals surface area contributed by atoms with Crippen LogP contribution in [0.2, 0.25) is 0 Å². The highest BCUT2D eigenvalue weighted by Gasteiger charge is 2.53. The molecule has 0 aromatic rings. The topological polar surface area (TPSA) is 0 Å². The Morgan fingerprint density at radius 2 is 1.48 bits per heavy atom. The number of rotatable bonds is 5. The maximum absolute atomic E-state index is 2.58. The lowest BCUT2D eigenvalue weighted by Crippen LogP contribution is -2.47. The normalized spacial score (nSPS) is 39.6. The summed E-state index contributed by atoms with van der Waals surface area (Å²) in [7, 11) is 0. The van der Waals surface area contributed by atoms with Crippen LogP contribution < -0.4 is 0 Å². The molecule has 3 saturated carbocycles. The summed E-state index contributed by atoms with van der Waals surface area (Å²) in [6.07, 6.45) is 13.5. The quantitative estimate of drug-likeness (QED) is 0.468. The minimum atomic E-state index is 0.597. The van der Waals surface area contributed by atoms with Gasteiger partial charge in [0, 0.05) is 0 Å². The summed E-state index contributed by atoms with van der Waals surface area (Å²) >= 11 is 0. The standard InChI is InChI=1S/C23H42.C2H6/c1-7-16(2)8-9-17-14-19(17)18-10-11-20-21(15-18)23(5,6)13-12-22(20,3)4;1-2/h16-21H,7-15H2,1-6H3;1-2H3. The van der Waals surface area contributed by atoms with Crippen LogP contribution in [0.25, 0.3) is 0 Å². The number of hydrogen-bond donors (Lipinski definition) is 0. The molecule has 6 atom stereocenters. The molecule has 0 heteroatoms. The first kappa shape index (κ1) is 21.3. The van der Waals surface area contributed by atoms with Gasteiger partial charge in [-0.3, -0.25) is 0 Å². The van der Waals surface area contributed by atoms with Crippen LogP contribution in [0.4, 0.5) is 0 Å². The SMILES string of the molecule is CC.CCC(C)CCC1CC1C1CCC2C(C1)C(C)(C)CCC2(C)C. The zero-order valence-electron chi connectivity index (χ0n) is 18.8. The van der Waals surface area contributed by atoms with Crippen molar-refractivity contribution < 1.29 is 0 Å². The minimum absolute atomic E-state index is 0.597. The highest BCUT2D eigenvalue weighted by molar-refractivity contribution is 5.02. The highest BCUT2D eigenvalue weighted by Crippen LogP contribution is 2.62. The summed E-state index contributed by atoms with van der Waals surface area (Å²) in [5, 5.41) is 0. The molecule has 0 heterocycles. The Hall–Kier alpha value is 0. The van der Waals surface area contributed by atoms with E-state index < -0.39 is 0 Å². The van der Waals surface area contributed by atoms with Crippen LogP contribution in [0, 0.1) is 46.3 Å². The Morgan fingerprint density at radius 1 is 0.880 bits per heavy atom. The summed E-state index contributed by atoms with van der Waals surface area (Å²) in [6.45, 7) is 19.1. The molecule has 3 aliphatic rings. The van der Waals surface area contributed by atoms with Crippen molar-refractivity contribution in [2.24, 2.45) is 46.3 Å². The predicted molar refractivity (Wildman–Crippen MR) is 113 cm³/mol. The average Bonchev–Trinajstić information content (AvgIpc) is 3.38. The van der Waals surface area contributed by atoms with Crippen LogP contribution in [0.5, 0.6) is 0 Å². The van der Waals surface area contributed by atoms with Gasteiger partial charge >= 0.3 is 0 Å². The monoisotopic (exact) mass is 348 g/mol. The summed E-state index contributed by atoms with van der Waals surface area (Å²) < 4.78 is 0. The van der Waals surface area contributed by atoms with E-state index in [1.54, 1.807) is 19.3 Å². The van der Waals surface area contributed by atoms with Crippen LogP contribution in [-0.2, 0) is 0 Å². The van der Waals surface area contributed by atoms with Gasteiger partial charge < -0.3 is 0 Å². The molecule has 6 unspecified atom stereocenters. The van der Waals surface area contributed by atoms with Crippen LogP contribution in [0.15, 0.2) is 0 Å². The van der Waals surface area contributed by atoms with Crippen molar-refractivity contribution in [1.29, 1.82) is 0 Å². The third-order valence-electron chi connectivity index (χ3n) is 8.62. The van der Waals surface area contributed by atoms with Crippen molar-refractivity contribution in [3.63, 3.8) is 0 Å². The van der Waals surface area contributed by atoms with Gasteiger partial charge in [-0.1, -0.05) is 68.2 Å². The Bertz CT molecular complexity index is 404. The molecule has 0 N–H and O–H groups in total. The molecule has 0 aromatic heterocycles. The molecule has 0 spiro atoms. The van der Waals surface area contributed by atoms with E-state index in [1.165, 1.54) is 38.5 Å². The molecule has 0 radical (unpaired) electrons. The van der Waals surface area contributed by atoms with E-state index in [2.05, 4.69) is 41.5 Å². The smallest absolute Gasteiger partial charge is 0.0323 e. The van der Waals surface area contributed by atoms with Gasteiger partial charge in [-0.2, -0.15) is 0 Å². The molecular formula is C25H48. The van der Waals surface area contributed by atoms with E-state index in [-0.39, 0.29) is 0 Å². The first-order valence-corrected chi connectivity index (χ1v) is 11.7. The Kier molecular flexibility index (Phi) is 7.11. The molecule has 3 rings (SSSR count). The first-order chi connectivity index (χ1) is 11.7. The Labute approximate surface area is 159 Å². The molecule has 0 nitrogen and oxygen atoms in total. The van der Waals surface area contributed by atoms with Crippen molar-refractivity contribution in [3.05, 3.63) is 0 Å². The highest BCUT2D eigenvalue weighted by atomic mass is 14.6. The Morgan fingerprint density at radius 3 is 2.08 bits per heavy atom. The molecule has 0 aliphatic heterocycles. The van der Waals surface area contributed by atoms with Gasteiger partial charge in [0.15, 0.2) is 0 Å². The van der Waals surface area contributed by atoms with Gasteiger partial charge in [-0.05, 0) is 91.3 Å². The zero-order valence-corrected chi connectivity index (χ0v) is 18.8. The second-order valence-electron chi connectivity index (χ2n) is 11.0. The van der Waals surface area contributed by atoms with Gasteiger partial charge in [0.25, 0.3) is 0 Å². The molecular weight excluding hydrogens is 300 g/mol. The molecule has 148 valence electrons. The van der Waals surface area contributed by atoms with Crippen molar-refractivity contribution in [2.45, 2.75) is 113 Å². The summed E-state index contributed by atoms with van der Waals surface area (Å²) in [6, 6.07) is 0. The maximum Gasteiger partial charge on any atom is -0.0323 e. The fourth-order valence-electron chi connectivity index (χ4n) is 6.29. The predicted octanol–water partition coefficient (Wildman–Crippen LogP) is 8.35. The number of fused-ring (bicyclic) bond motifs is 1. The van der Waals surface area contributed by atoms with E-state index >= 15 is 0 Å². The van der Waals surface area contributed by atoms with Gasteiger partial charge in [0.1, 0.15) is 0 Å². The lowest BCUT2D eigenvalue weighted by molar-refractivity contribution is -0.0620. The van der Waals surface area contributed by atoms with Crippen LogP contribution in [0.3, 0.4) is 0 Å². The summed E-state index contributed by atoms with van der Waals surface area (Å²) in [5.74, 6) is 6.24. The van der Waals surface area contributed by atoms with E-state index in [9.17, 15) is 0 Å². The lowest BCUT2D eigenvalue weighted by Gasteiger charge is -2.56. The van der Waals surface area contributed by atoms with Crippen LogP contribution in [-0.4, -0.2) is 0 Å². The summed E-state index contributed by atoms with van der Waals surface area (Å²) in [4.78, 5) is 0. The van der Waals surface area contributed by atoms with Crippen LogP contribution in [0.1, 0.15) is 113 Å². The van der Waals surface area contributed by atoms with Gasteiger partial charge in [0.2, 0.25) is 0 Å². The molecule has 3 fully saturated rings. The molecule has 25 heavy (non-hydrogen) atoms. The molecule has 0 amide bonds. The van der Waals surface area contributed by atoms with E-state index in [0.29, 0.717) is 10.8 Å². The third-order valence-corrected chi connectivity index (χ3v) is 8.62. The fraction of sp³-hybridized carbons (Fsp3) is 1.00. The molecule has 0 saturated heterocycles. The largest absolute Gasteiger partial charge is 0.0683 e. The van der Waals surface area contributed by atoms with Gasteiger partial charge in [-0.25, -0.2) is 0 Å². The fourth-order valence-corrected chi connectivity index (χ4v) is 6.29. The van der Waals surface area contributed by atoms with Crippen molar-refractivity contribution in [3.8, 4) is 0 Å². The maximum atomic E-state index is 2.58. The Balaban J connectivity index is 0.00000109. The van der Waals surface area contributed by atoms with Crippen molar-refractivity contribution in [1.82, 2.24) is 0 Å². The van der Waals surface area contributed by atoms with Crippen molar-refractivity contribution in [2.75, 3.05) is 0 Å². The molecule has 0 bridgehead atoms. The second-order valence-corrected chi connectivity index (χ2v) is 11.0. The third kappa shape index (κ3) is 4.84. The second kappa shape index (κ2) is 8.35. The lowest BCUT2D eigenvalue weighted by atomic mass is 9.49. The van der Waals surface area contributed by atoms with Crippen LogP contribution >= 0.6 is 0 Å². The zero-order chi connectivity index (χ0) is 18.8. The molecule has 0 aromatic carbocycles. The van der Waals surface area contributed by atoms with E-state index in [1.807, 2.05) is 13.8 Å². The minimum Gasteiger partial charge on any atom is -0.0683 e. The first-order valence-electron chi connectivity index (χ1n) is 11.7.